The molecule has 1 N–H and O–H groups in total. The number of thioether (sulfide) groups is 1. The highest BCUT2D eigenvalue weighted by Crippen LogP contribution is 2.30. The average molecular weight is 283 g/mol. The van der Waals surface area contributed by atoms with Crippen LogP contribution in [0.3, 0.4) is 0 Å². The molecule has 0 spiro atoms. The molecule has 110 valence electrons. The van der Waals surface area contributed by atoms with Gasteiger partial charge in [0.2, 0.25) is 0 Å². The molecule has 0 bridgehead atoms. The minimum absolute atomic E-state index is 0.711. The fraction of sp³-hybridized carbons (Fsp3) is 0.933. The maximum absolute atomic E-state index is 4.70. The van der Waals surface area contributed by atoms with Crippen LogP contribution >= 0.6 is 11.8 Å². The molecule has 2 unspecified atom stereocenters. The SMILES string of the molecule is CCC(CC)C1CN=C(NCC2CCCN2CC)S1. The summed E-state index contributed by atoms with van der Waals surface area (Å²) in [5.74, 6) is 0.826. The van der Waals surface area contributed by atoms with E-state index in [1.165, 1.54) is 43.9 Å². The van der Waals surface area contributed by atoms with Gasteiger partial charge in [-0.2, -0.15) is 0 Å². The molecule has 0 saturated carbocycles. The van der Waals surface area contributed by atoms with Crippen LogP contribution in [-0.2, 0) is 0 Å². The first-order valence-electron chi connectivity index (χ1n) is 7.97. The van der Waals surface area contributed by atoms with Crippen molar-refractivity contribution in [3.05, 3.63) is 0 Å². The Hall–Kier alpha value is -0.220. The quantitative estimate of drug-likeness (QED) is 0.812. The van der Waals surface area contributed by atoms with Gasteiger partial charge in [0, 0.05) is 17.8 Å². The molecular formula is C15H29N3S. The third-order valence-corrected chi connectivity index (χ3v) is 5.98. The zero-order valence-electron chi connectivity index (χ0n) is 12.7. The van der Waals surface area contributed by atoms with Crippen LogP contribution in [0, 0.1) is 5.92 Å². The number of likely N-dealkylation sites (tertiary alicyclic amines) is 1. The van der Waals surface area contributed by atoms with E-state index >= 15 is 0 Å². The Morgan fingerprint density at radius 2 is 2.16 bits per heavy atom. The minimum Gasteiger partial charge on any atom is -0.363 e. The van der Waals surface area contributed by atoms with Crippen molar-refractivity contribution in [2.24, 2.45) is 10.9 Å². The summed E-state index contributed by atoms with van der Waals surface area (Å²) in [6.45, 7) is 11.4. The van der Waals surface area contributed by atoms with Crippen LogP contribution in [0.2, 0.25) is 0 Å². The molecule has 2 aliphatic rings. The third kappa shape index (κ3) is 3.88. The van der Waals surface area contributed by atoms with Crippen molar-refractivity contribution >= 4 is 16.9 Å². The number of hydrogen-bond acceptors (Lipinski definition) is 4. The molecule has 0 aromatic carbocycles. The normalized spacial score (nSPS) is 28.1. The van der Waals surface area contributed by atoms with E-state index in [0.29, 0.717) is 5.25 Å². The number of amidine groups is 1. The van der Waals surface area contributed by atoms with Crippen molar-refractivity contribution in [2.75, 3.05) is 26.2 Å². The lowest BCUT2D eigenvalue weighted by atomic mass is 9.99. The summed E-state index contributed by atoms with van der Waals surface area (Å²) >= 11 is 1.98. The highest BCUT2D eigenvalue weighted by molar-refractivity contribution is 8.14. The van der Waals surface area contributed by atoms with Gasteiger partial charge in [-0.3, -0.25) is 9.89 Å². The Balaban J connectivity index is 1.73. The summed E-state index contributed by atoms with van der Waals surface area (Å²) in [6, 6.07) is 0.723. The molecular weight excluding hydrogens is 254 g/mol. The maximum Gasteiger partial charge on any atom is 0.156 e. The molecule has 1 fully saturated rings. The van der Waals surface area contributed by atoms with Gasteiger partial charge in [0.05, 0.1) is 6.54 Å². The fourth-order valence-corrected chi connectivity index (χ4v) is 4.62. The van der Waals surface area contributed by atoms with Gasteiger partial charge in [-0.25, -0.2) is 0 Å². The molecule has 19 heavy (non-hydrogen) atoms. The van der Waals surface area contributed by atoms with Crippen molar-refractivity contribution in [1.29, 1.82) is 0 Å². The summed E-state index contributed by atoms with van der Waals surface area (Å²) in [7, 11) is 0. The molecule has 0 aliphatic carbocycles. The molecule has 4 heteroatoms. The van der Waals surface area contributed by atoms with Crippen LogP contribution in [-0.4, -0.2) is 47.5 Å². The summed E-state index contributed by atoms with van der Waals surface area (Å²) in [4.78, 5) is 7.28. The molecule has 0 aromatic rings. The van der Waals surface area contributed by atoms with Gasteiger partial charge >= 0.3 is 0 Å². The predicted octanol–water partition coefficient (Wildman–Crippen LogP) is 2.97. The Morgan fingerprint density at radius 3 is 2.84 bits per heavy atom. The van der Waals surface area contributed by atoms with Crippen molar-refractivity contribution in [2.45, 2.75) is 57.7 Å². The predicted molar refractivity (Wildman–Crippen MR) is 86.0 cm³/mol. The lowest BCUT2D eigenvalue weighted by molar-refractivity contribution is 0.267. The Morgan fingerprint density at radius 1 is 1.37 bits per heavy atom. The molecule has 2 atom stereocenters. The van der Waals surface area contributed by atoms with Crippen molar-refractivity contribution in [3.63, 3.8) is 0 Å². The maximum atomic E-state index is 4.70. The first-order chi connectivity index (χ1) is 9.28. The van der Waals surface area contributed by atoms with Gasteiger partial charge in [0.15, 0.2) is 5.17 Å². The summed E-state index contributed by atoms with van der Waals surface area (Å²) < 4.78 is 0. The standard InChI is InChI=1S/C15H29N3S/c1-4-12(5-2)14-11-17-15(19-14)16-10-13-8-7-9-18(13)6-3/h12-14H,4-11H2,1-3H3,(H,16,17). The second-order valence-corrected chi connectivity index (χ2v) is 6.91. The number of hydrogen-bond donors (Lipinski definition) is 1. The molecule has 0 amide bonds. The van der Waals surface area contributed by atoms with Crippen LogP contribution in [0.5, 0.6) is 0 Å². The zero-order valence-corrected chi connectivity index (χ0v) is 13.5. The lowest BCUT2D eigenvalue weighted by Gasteiger charge is -2.23. The van der Waals surface area contributed by atoms with E-state index in [2.05, 4.69) is 31.0 Å². The number of nitrogens with zero attached hydrogens (tertiary/aromatic N) is 2. The summed E-state index contributed by atoms with van der Waals surface area (Å²) in [6.07, 6.45) is 5.26. The third-order valence-electron chi connectivity index (χ3n) is 4.65. The Bertz CT molecular complexity index is 302. The average Bonchev–Trinajstić information content (AvgIpc) is 3.06. The Kier molecular flexibility index (Phi) is 6.02. The van der Waals surface area contributed by atoms with Gasteiger partial charge in [-0.15, -0.1) is 0 Å². The van der Waals surface area contributed by atoms with E-state index in [4.69, 9.17) is 4.99 Å². The molecule has 1 saturated heterocycles. The van der Waals surface area contributed by atoms with Crippen molar-refractivity contribution in [1.82, 2.24) is 10.2 Å². The van der Waals surface area contributed by atoms with E-state index < -0.39 is 0 Å². The van der Waals surface area contributed by atoms with Crippen LogP contribution in [0.15, 0.2) is 4.99 Å². The monoisotopic (exact) mass is 283 g/mol. The van der Waals surface area contributed by atoms with Crippen molar-refractivity contribution < 1.29 is 0 Å². The van der Waals surface area contributed by atoms with E-state index in [1.54, 1.807) is 0 Å². The molecule has 2 rings (SSSR count). The van der Waals surface area contributed by atoms with E-state index in [9.17, 15) is 0 Å². The number of likely N-dealkylation sites (N-methyl/N-ethyl adjacent to an activating group) is 1. The number of nitrogens with one attached hydrogen (secondary N) is 1. The molecule has 2 aliphatic heterocycles. The highest BCUT2D eigenvalue weighted by Gasteiger charge is 2.27. The van der Waals surface area contributed by atoms with Gasteiger partial charge in [0.1, 0.15) is 0 Å². The van der Waals surface area contributed by atoms with E-state index in [1.807, 2.05) is 11.8 Å². The zero-order chi connectivity index (χ0) is 13.7. The van der Waals surface area contributed by atoms with Crippen LogP contribution in [0.4, 0.5) is 0 Å². The second kappa shape index (κ2) is 7.53. The van der Waals surface area contributed by atoms with Crippen LogP contribution in [0.25, 0.3) is 0 Å². The molecule has 0 aromatic heterocycles. The summed E-state index contributed by atoms with van der Waals surface area (Å²) in [5, 5.41) is 5.50. The molecule has 0 radical (unpaired) electrons. The lowest BCUT2D eigenvalue weighted by Crippen LogP contribution is -2.39. The minimum atomic E-state index is 0.711. The largest absolute Gasteiger partial charge is 0.363 e. The van der Waals surface area contributed by atoms with Crippen LogP contribution in [0.1, 0.15) is 46.5 Å². The number of rotatable bonds is 6. The second-order valence-electron chi connectivity index (χ2n) is 5.68. The molecule has 3 nitrogen and oxygen atoms in total. The van der Waals surface area contributed by atoms with E-state index in [-0.39, 0.29) is 0 Å². The number of aliphatic imine (C=N–C) groups is 1. The van der Waals surface area contributed by atoms with Gasteiger partial charge < -0.3 is 5.32 Å². The summed E-state index contributed by atoms with van der Waals surface area (Å²) in [5.41, 5.74) is 0. The van der Waals surface area contributed by atoms with E-state index in [0.717, 1.165) is 25.0 Å². The Labute approximate surface area is 122 Å². The first kappa shape index (κ1) is 15.2. The highest BCUT2D eigenvalue weighted by atomic mass is 32.2. The van der Waals surface area contributed by atoms with Crippen LogP contribution < -0.4 is 5.32 Å². The van der Waals surface area contributed by atoms with Gasteiger partial charge in [-0.1, -0.05) is 45.4 Å². The van der Waals surface area contributed by atoms with Gasteiger partial charge in [-0.05, 0) is 31.8 Å². The van der Waals surface area contributed by atoms with Crippen molar-refractivity contribution in [3.8, 4) is 0 Å². The van der Waals surface area contributed by atoms with Gasteiger partial charge in [0.25, 0.3) is 0 Å². The topological polar surface area (TPSA) is 27.6 Å². The molecule has 2 heterocycles. The smallest absolute Gasteiger partial charge is 0.156 e. The fourth-order valence-electron chi connectivity index (χ4n) is 3.30. The first-order valence-corrected chi connectivity index (χ1v) is 8.85.